The van der Waals surface area contributed by atoms with Gasteiger partial charge in [-0.15, -0.1) is 0 Å². The molecule has 3 aromatic rings. The van der Waals surface area contributed by atoms with Crippen LogP contribution in [0.2, 0.25) is 0 Å². The molecule has 0 aliphatic heterocycles. The number of Topliss-reactive ketones (excluding diaryl/α,β-unsaturated/α-hetero) is 1. The van der Waals surface area contributed by atoms with Crippen molar-refractivity contribution in [1.29, 1.82) is 5.26 Å². The van der Waals surface area contributed by atoms with Crippen molar-refractivity contribution in [3.05, 3.63) is 88.7 Å². The summed E-state index contributed by atoms with van der Waals surface area (Å²) in [5.74, 6) is -0.850. The van der Waals surface area contributed by atoms with E-state index in [0.29, 0.717) is 16.7 Å². The molecule has 0 spiro atoms. The number of rotatable bonds is 5. The van der Waals surface area contributed by atoms with Crippen molar-refractivity contribution < 1.29 is 14.3 Å². The van der Waals surface area contributed by atoms with Crippen LogP contribution in [0, 0.1) is 25.2 Å². The predicted molar refractivity (Wildman–Crippen MR) is 101 cm³/mol. The van der Waals surface area contributed by atoms with Gasteiger partial charge in [0, 0.05) is 22.6 Å². The molecule has 27 heavy (non-hydrogen) atoms. The van der Waals surface area contributed by atoms with Crippen molar-refractivity contribution in [2.75, 3.05) is 6.61 Å². The zero-order valence-electron chi connectivity index (χ0n) is 15.1. The number of benzene rings is 2. The second kappa shape index (κ2) is 7.71. The quantitative estimate of drug-likeness (QED) is 0.510. The molecule has 0 radical (unpaired) electrons. The molecule has 0 amide bonds. The molecule has 0 saturated heterocycles. The van der Waals surface area contributed by atoms with Crippen molar-refractivity contribution in [2.24, 2.45) is 0 Å². The maximum absolute atomic E-state index is 12.6. The first-order chi connectivity index (χ1) is 13.0. The maximum atomic E-state index is 12.6. The Morgan fingerprint density at radius 1 is 1.04 bits per heavy atom. The Hall–Kier alpha value is -3.65. The monoisotopic (exact) mass is 358 g/mol. The van der Waals surface area contributed by atoms with Gasteiger partial charge in [-0.3, -0.25) is 4.79 Å². The van der Waals surface area contributed by atoms with E-state index >= 15 is 0 Å². The van der Waals surface area contributed by atoms with Crippen LogP contribution in [0.5, 0.6) is 0 Å². The molecular weight excluding hydrogens is 340 g/mol. The van der Waals surface area contributed by atoms with E-state index < -0.39 is 5.97 Å². The van der Waals surface area contributed by atoms with E-state index in [0.717, 1.165) is 17.1 Å². The summed E-state index contributed by atoms with van der Waals surface area (Å²) in [5, 5.41) is 8.79. The van der Waals surface area contributed by atoms with Gasteiger partial charge in [-0.1, -0.05) is 18.2 Å². The molecule has 0 bridgehead atoms. The van der Waals surface area contributed by atoms with Crippen LogP contribution in [0.3, 0.4) is 0 Å². The van der Waals surface area contributed by atoms with Gasteiger partial charge in [0.2, 0.25) is 5.78 Å². The molecule has 5 heteroatoms. The zero-order valence-corrected chi connectivity index (χ0v) is 15.1. The van der Waals surface area contributed by atoms with Crippen molar-refractivity contribution in [3.8, 4) is 11.8 Å². The van der Waals surface area contributed by atoms with Crippen molar-refractivity contribution in [2.45, 2.75) is 13.8 Å². The Kier molecular flexibility index (Phi) is 5.18. The van der Waals surface area contributed by atoms with Gasteiger partial charge in [0.25, 0.3) is 0 Å². The molecule has 0 aliphatic carbocycles. The summed E-state index contributed by atoms with van der Waals surface area (Å²) in [6, 6.07) is 19.6. The number of aryl methyl sites for hydroxylation is 1. The van der Waals surface area contributed by atoms with E-state index in [1.54, 1.807) is 6.07 Å². The first kappa shape index (κ1) is 18.2. The smallest absolute Gasteiger partial charge is 0.338 e. The number of nitriles is 1. The number of aromatic nitrogens is 1. The van der Waals surface area contributed by atoms with Gasteiger partial charge in [-0.2, -0.15) is 5.26 Å². The number of esters is 1. The highest BCUT2D eigenvalue weighted by atomic mass is 16.5. The minimum Gasteiger partial charge on any atom is -0.454 e. The molecule has 1 heterocycles. The van der Waals surface area contributed by atoms with E-state index in [9.17, 15) is 9.59 Å². The second-order valence-corrected chi connectivity index (χ2v) is 6.14. The summed E-state index contributed by atoms with van der Waals surface area (Å²) in [6.45, 7) is 3.47. The van der Waals surface area contributed by atoms with E-state index in [2.05, 4.69) is 0 Å². The highest BCUT2D eigenvalue weighted by Gasteiger charge is 2.18. The van der Waals surface area contributed by atoms with Crippen LogP contribution in [-0.2, 0) is 4.74 Å². The van der Waals surface area contributed by atoms with Gasteiger partial charge in [0.15, 0.2) is 6.61 Å². The molecule has 0 saturated carbocycles. The highest BCUT2D eigenvalue weighted by molar-refractivity contribution is 6.00. The number of hydrogen-bond donors (Lipinski definition) is 0. The van der Waals surface area contributed by atoms with Gasteiger partial charge < -0.3 is 9.30 Å². The van der Waals surface area contributed by atoms with Crippen molar-refractivity contribution in [1.82, 2.24) is 4.57 Å². The second-order valence-electron chi connectivity index (χ2n) is 6.14. The number of para-hydroxylation sites is 1. The van der Waals surface area contributed by atoms with Gasteiger partial charge in [-0.05, 0) is 56.3 Å². The summed E-state index contributed by atoms with van der Waals surface area (Å²) in [4.78, 5) is 24.7. The average molecular weight is 358 g/mol. The number of carbonyl (C=O) groups is 2. The third-order valence-electron chi connectivity index (χ3n) is 4.33. The van der Waals surface area contributed by atoms with Gasteiger partial charge >= 0.3 is 5.97 Å². The predicted octanol–water partition coefficient (Wildman–Crippen LogP) is 4.01. The molecular formula is C22H18N2O3. The Balaban J connectivity index is 1.73. The van der Waals surface area contributed by atoms with E-state index in [1.807, 2.05) is 54.8 Å². The van der Waals surface area contributed by atoms with Crippen LogP contribution in [0.15, 0.2) is 60.7 Å². The van der Waals surface area contributed by atoms with Gasteiger partial charge in [0.05, 0.1) is 17.2 Å². The van der Waals surface area contributed by atoms with Crippen LogP contribution in [0.25, 0.3) is 5.69 Å². The van der Waals surface area contributed by atoms with Crippen LogP contribution in [0.1, 0.15) is 37.7 Å². The summed E-state index contributed by atoms with van der Waals surface area (Å²) >= 11 is 0. The number of hydrogen-bond acceptors (Lipinski definition) is 4. The van der Waals surface area contributed by atoms with Crippen LogP contribution >= 0.6 is 0 Å². The van der Waals surface area contributed by atoms with Gasteiger partial charge in [0.1, 0.15) is 0 Å². The van der Waals surface area contributed by atoms with Crippen molar-refractivity contribution >= 4 is 11.8 Å². The molecule has 0 aliphatic rings. The minimum absolute atomic E-state index is 0.257. The fraction of sp³-hybridized carbons (Fsp3) is 0.136. The molecule has 0 N–H and O–H groups in total. The number of carbonyl (C=O) groups excluding carboxylic acids is 2. The van der Waals surface area contributed by atoms with Crippen LogP contribution in [0.4, 0.5) is 0 Å². The van der Waals surface area contributed by atoms with E-state index in [-0.39, 0.29) is 12.4 Å². The Morgan fingerprint density at radius 2 is 1.70 bits per heavy atom. The SMILES string of the molecule is Cc1cc(C(=O)COC(=O)c2ccc(C#N)cc2)c(C)n1-c1ccccc1. The molecule has 0 unspecified atom stereocenters. The Bertz CT molecular complexity index is 1030. The number of nitrogens with zero attached hydrogens (tertiary/aromatic N) is 2. The topological polar surface area (TPSA) is 72.1 Å². The third-order valence-corrected chi connectivity index (χ3v) is 4.33. The minimum atomic E-state index is -0.593. The lowest BCUT2D eigenvalue weighted by molar-refractivity contribution is 0.0474. The lowest BCUT2D eigenvalue weighted by atomic mass is 10.1. The van der Waals surface area contributed by atoms with Gasteiger partial charge in [-0.25, -0.2) is 4.79 Å². The Morgan fingerprint density at radius 3 is 2.33 bits per heavy atom. The Labute approximate surface area is 157 Å². The van der Waals surface area contributed by atoms with E-state index in [4.69, 9.17) is 10.00 Å². The van der Waals surface area contributed by atoms with E-state index in [1.165, 1.54) is 24.3 Å². The summed E-state index contributed by atoms with van der Waals surface area (Å²) in [6.07, 6.45) is 0. The summed E-state index contributed by atoms with van der Waals surface area (Å²) in [7, 11) is 0. The van der Waals surface area contributed by atoms with Crippen LogP contribution < -0.4 is 0 Å². The lowest BCUT2D eigenvalue weighted by Crippen LogP contribution is -2.15. The molecule has 5 nitrogen and oxygen atoms in total. The maximum Gasteiger partial charge on any atom is 0.338 e. The summed E-state index contributed by atoms with van der Waals surface area (Å²) in [5.41, 5.74) is 4.00. The summed E-state index contributed by atoms with van der Waals surface area (Å²) < 4.78 is 7.14. The average Bonchev–Trinajstić information content (AvgIpc) is 3.00. The van der Waals surface area contributed by atoms with Crippen molar-refractivity contribution in [3.63, 3.8) is 0 Å². The number of ketones is 1. The zero-order chi connectivity index (χ0) is 19.4. The number of ether oxygens (including phenoxy) is 1. The molecule has 3 rings (SSSR count). The first-order valence-corrected chi connectivity index (χ1v) is 8.46. The third kappa shape index (κ3) is 3.80. The molecule has 2 aromatic carbocycles. The highest BCUT2D eigenvalue weighted by Crippen LogP contribution is 2.21. The fourth-order valence-electron chi connectivity index (χ4n) is 2.99. The fourth-order valence-corrected chi connectivity index (χ4v) is 2.99. The standard InChI is InChI=1S/C22H18N2O3/c1-15-12-20(16(2)24(15)19-6-4-3-5-7-19)21(25)14-27-22(26)18-10-8-17(13-23)9-11-18/h3-12H,14H2,1-2H3. The molecule has 1 aromatic heterocycles. The molecule has 134 valence electrons. The molecule has 0 atom stereocenters. The molecule has 0 fully saturated rings. The first-order valence-electron chi connectivity index (χ1n) is 8.46. The normalized spacial score (nSPS) is 10.3. The van der Waals surface area contributed by atoms with Crippen LogP contribution in [-0.4, -0.2) is 22.9 Å². The lowest BCUT2D eigenvalue weighted by Gasteiger charge is -2.09. The largest absolute Gasteiger partial charge is 0.454 e.